The molecule has 0 fully saturated rings. The van der Waals surface area contributed by atoms with Crippen molar-refractivity contribution >= 4 is 33.7 Å². The third kappa shape index (κ3) is 192. The van der Waals surface area contributed by atoms with Crippen LogP contribution < -0.4 is 0 Å². The third-order valence-electron chi connectivity index (χ3n) is 0.129. The van der Waals surface area contributed by atoms with Crippen molar-refractivity contribution in [2.75, 3.05) is 6.61 Å². The van der Waals surface area contributed by atoms with Crippen LogP contribution in [0.15, 0.2) is 0 Å². The Balaban J connectivity index is -0.0000000750. The van der Waals surface area contributed by atoms with Crippen molar-refractivity contribution in [1.82, 2.24) is 0 Å². The van der Waals surface area contributed by atoms with Crippen molar-refractivity contribution < 1.29 is 24.0 Å². The molecule has 8 heteroatoms. The SMILES string of the molecule is O=PO.O=PO.OC[CH2][Al+2]. The normalized spacial score (nSPS) is 7.30. The summed E-state index contributed by atoms with van der Waals surface area (Å²) in [5.74, 6) is 0. The summed E-state index contributed by atoms with van der Waals surface area (Å²) < 4.78 is 16.9. The van der Waals surface area contributed by atoms with Crippen LogP contribution in [0.3, 0.4) is 0 Å². The van der Waals surface area contributed by atoms with Gasteiger partial charge >= 0.3 is 50.7 Å². The van der Waals surface area contributed by atoms with Crippen molar-refractivity contribution in [3.63, 3.8) is 0 Å². The zero-order valence-electron chi connectivity index (χ0n) is 5.04. The average Bonchev–Trinajstić information content (AvgIpc) is 1.91. The van der Waals surface area contributed by atoms with Gasteiger partial charge in [-0.05, 0) is 0 Å². The van der Waals surface area contributed by atoms with Gasteiger partial charge in [0.05, 0.1) is 0 Å². The average molecular weight is 200 g/mol. The van der Waals surface area contributed by atoms with Gasteiger partial charge in [-0.3, -0.25) is 0 Å². The van der Waals surface area contributed by atoms with Gasteiger partial charge in [-0.25, -0.2) is 9.13 Å². The molecule has 3 N–H and O–H groups in total. The predicted octanol–water partition coefficient (Wildman–Crippen LogP) is -0.0637. The molecule has 0 bridgehead atoms. The first-order valence-corrected chi connectivity index (χ1v) is 4.34. The molecule has 0 heterocycles. The minimum absolute atomic E-state index is 0.282. The van der Waals surface area contributed by atoms with Gasteiger partial charge < -0.3 is 9.79 Å². The minimum atomic E-state index is -0.833. The van der Waals surface area contributed by atoms with Gasteiger partial charge in [0, 0.05) is 0 Å². The fraction of sp³-hybridized carbons (Fsp3) is 1.00. The molecule has 0 aliphatic rings. The van der Waals surface area contributed by atoms with Gasteiger partial charge in [-0.15, -0.1) is 0 Å². The quantitative estimate of drug-likeness (QED) is 0.407. The van der Waals surface area contributed by atoms with Gasteiger partial charge in [0.25, 0.3) is 0 Å². The third-order valence-corrected chi connectivity index (χ3v) is 0.387. The Morgan fingerprint density at radius 2 is 1.30 bits per heavy atom. The Labute approximate surface area is 70.1 Å². The molecule has 0 aromatic heterocycles. The van der Waals surface area contributed by atoms with Gasteiger partial charge in [0.1, 0.15) is 0 Å². The van der Waals surface area contributed by atoms with E-state index in [9.17, 15) is 0 Å². The Bertz CT molecular complexity index is 53.6. The second kappa shape index (κ2) is 33.5. The number of hydrogen-bond donors (Lipinski definition) is 3. The number of aliphatic hydroxyl groups is 1. The molecule has 5 nitrogen and oxygen atoms in total. The zero-order chi connectivity index (χ0) is 8.83. The Kier molecular flexibility index (Phi) is 56.7. The standard InChI is InChI=1S/C2H5O.Al.2HO2P/c1-2-3;;2*1-3-2/h3H,1-2H2;;2*(H,1,2)/q;+2;;. The molecule has 0 aliphatic carbocycles. The number of rotatable bonds is 1. The van der Waals surface area contributed by atoms with Gasteiger partial charge in [-0.2, -0.15) is 0 Å². The first-order valence-electron chi connectivity index (χ1n) is 1.99. The van der Waals surface area contributed by atoms with Gasteiger partial charge in [0.15, 0.2) is 0 Å². The maximum atomic E-state index is 8.46. The summed E-state index contributed by atoms with van der Waals surface area (Å²) in [6, 6.07) is 0. The summed E-state index contributed by atoms with van der Waals surface area (Å²) >= 11 is 2.41. The second-order valence-corrected chi connectivity index (χ2v) is 1.58. The number of aliphatic hydroxyl groups excluding tert-OH is 1. The fourth-order valence-corrected chi connectivity index (χ4v) is 0. The van der Waals surface area contributed by atoms with E-state index in [1.807, 2.05) is 0 Å². The summed E-state index contributed by atoms with van der Waals surface area (Å²) in [7, 11) is -1.67. The molecule has 0 radical (unpaired) electrons. The Morgan fingerprint density at radius 3 is 1.30 bits per heavy atom. The molecular weight excluding hydrogens is 193 g/mol. The molecule has 0 aromatic carbocycles. The van der Waals surface area contributed by atoms with E-state index in [4.69, 9.17) is 24.0 Å². The van der Waals surface area contributed by atoms with E-state index in [0.717, 1.165) is 5.28 Å². The summed E-state index contributed by atoms with van der Waals surface area (Å²) in [6.07, 6.45) is 0. The van der Waals surface area contributed by atoms with Crippen molar-refractivity contribution in [1.29, 1.82) is 0 Å². The van der Waals surface area contributed by atoms with Gasteiger partial charge in [-0.1, -0.05) is 0 Å². The summed E-state index contributed by atoms with van der Waals surface area (Å²) in [6.45, 7) is 0.282. The first kappa shape index (κ1) is 16.9. The summed E-state index contributed by atoms with van der Waals surface area (Å²) in [5.41, 5.74) is 0. The predicted molar refractivity (Wildman–Crippen MR) is 37.3 cm³/mol. The molecule has 0 atom stereocenters. The molecule has 0 unspecified atom stereocenters. The van der Waals surface area contributed by atoms with Crippen molar-refractivity contribution in [2.45, 2.75) is 5.28 Å². The monoisotopic (exact) mass is 200 g/mol. The summed E-state index contributed by atoms with van der Waals surface area (Å²) in [5, 5.41) is 8.65. The molecular formula is C2H7AlO5P2+2. The van der Waals surface area contributed by atoms with E-state index < -0.39 is 17.4 Å². The molecule has 0 spiro atoms. The van der Waals surface area contributed by atoms with Gasteiger partial charge in [0.2, 0.25) is 0 Å². The van der Waals surface area contributed by atoms with Crippen molar-refractivity contribution in [3.8, 4) is 0 Å². The van der Waals surface area contributed by atoms with E-state index >= 15 is 0 Å². The fourth-order valence-electron chi connectivity index (χ4n) is 0. The van der Waals surface area contributed by atoms with Crippen LogP contribution in [0.1, 0.15) is 0 Å². The van der Waals surface area contributed by atoms with E-state index in [2.05, 4.69) is 16.3 Å². The van der Waals surface area contributed by atoms with Crippen molar-refractivity contribution in [3.05, 3.63) is 0 Å². The molecule has 0 aliphatic heterocycles. The van der Waals surface area contributed by atoms with E-state index in [0.29, 0.717) is 0 Å². The maximum absolute atomic E-state index is 8.46. The molecule has 0 aromatic rings. The Hall–Kier alpha value is 0.612. The molecule has 10 heavy (non-hydrogen) atoms. The van der Waals surface area contributed by atoms with Crippen LogP contribution in [0.4, 0.5) is 0 Å². The van der Waals surface area contributed by atoms with Crippen LogP contribution in [0.25, 0.3) is 0 Å². The van der Waals surface area contributed by atoms with E-state index in [-0.39, 0.29) is 6.61 Å². The second-order valence-electron chi connectivity index (χ2n) is 0.676. The van der Waals surface area contributed by atoms with Crippen LogP contribution in [-0.4, -0.2) is 37.8 Å². The molecule has 0 rings (SSSR count). The Morgan fingerprint density at radius 1 is 1.20 bits per heavy atom. The van der Waals surface area contributed by atoms with Crippen LogP contribution in [0.2, 0.25) is 5.28 Å². The van der Waals surface area contributed by atoms with Crippen LogP contribution >= 0.6 is 17.4 Å². The topological polar surface area (TPSA) is 94.8 Å². The molecule has 56 valence electrons. The first-order chi connectivity index (χ1) is 4.74. The van der Waals surface area contributed by atoms with Crippen LogP contribution in [-0.2, 0) is 9.13 Å². The van der Waals surface area contributed by atoms with E-state index in [1.165, 1.54) is 0 Å². The van der Waals surface area contributed by atoms with Crippen LogP contribution in [0, 0.1) is 0 Å². The van der Waals surface area contributed by atoms with Crippen LogP contribution in [0.5, 0.6) is 0 Å². The molecule has 0 saturated carbocycles. The van der Waals surface area contributed by atoms with Crippen molar-refractivity contribution in [2.24, 2.45) is 0 Å². The molecule has 0 saturated heterocycles. The molecule has 0 amide bonds. The zero-order valence-corrected chi connectivity index (χ0v) is 7.99. The number of hydrogen-bond acceptors (Lipinski definition) is 3. The van der Waals surface area contributed by atoms with E-state index in [1.54, 1.807) is 0 Å². The summed E-state index contributed by atoms with van der Waals surface area (Å²) in [4.78, 5) is 14.0.